The van der Waals surface area contributed by atoms with E-state index >= 15 is 0 Å². The highest BCUT2D eigenvalue weighted by atomic mass is 16.2. The molecule has 0 aliphatic rings. The zero-order valence-corrected chi connectivity index (χ0v) is 17.2. The Bertz CT molecular complexity index is 1160. The Labute approximate surface area is 167 Å². The van der Waals surface area contributed by atoms with E-state index in [0.29, 0.717) is 18.8 Å². The number of H-pyrrole nitrogens is 1. The summed E-state index contributed by atoms with van der Waals surface area (Å²) in [4.78, 5) is 44.3. The molecule has 0 spiro atoms. The van der Waals surface area contributed by atoms with Gasteiger partial charge in [0.05, 0.1) is 17.1 Å². The lowest BCUT2D eigenvalue weighted by Gasteiger charge is -2.14. The summed E-state index contributed by atoms with van der Waals surface area (Å²) in [6, 6.07) is 1.64. The van der Waals surface area contributed by atoms with E-state index in [-0.39, 0.29) is 28.4 Å². The highest BCUT2D eigenvalue weighted by Crippen LogP contribution is 2.19. The second-order valence-corrected chi connectivity index (χ2v) is 7.33. The van der Waals surface area contributed by atoms with Gasteiger partial charge >= 0.3 is 5.69 Å². The molecule has 3 rings (SSSR count). The third-order valence-electron chi connectivity index (χ3n) is 4.81. The molecule has 29 heavy (non-hydrogen) atoms. The third-order valence-corrected chi connectivity index (χ3v) is 4.81. The van der Waals surface area contributed by atoms with Crippen LogP contribution in [0.15, 0.2) is 28.0 Å². The molecular formula is C20H26N6O3. The van der Waals surface area contributed by atoms with E-state index in [0.717, 1.165) is 18.4 Å². The molecule has 0 fully saturated rings. The molecule has 2 N–H and O–H groups in total. The first-order valence-corrected chi connectivity index (χ1v) is 9.75. The smallest absolute Gasteiger partial charge is 0.329 e. The van der Waals surface area contributed by atoms with E-state index in [1.54, 1.807) is 23.9 Å². The van der Waals surface area contributed by atoms with Gasteiger partial charge in [-0.25, -0.2) is 9.78 Å². The quantitative estimate of drug-likeness (QED) is 0.583. The maximum atomic E-state index is 12.9. The lowest BCUT2D eigenvalue weighted by Crippen LogP contribution is -2.33. The predicted molar refractivity (Wildman–Crippen MR) is 110 cm³/mol. The summed E-state index contributed by atoms with van der Waals surface area (Å²) in [5.74, 6) is -0.312. The third kappa shape index (κ3) is 4.28. The van der Waals surface area contributed by atoms with Gasteiger partial charge in [-0.3, -0.25) is 23.8 Å². The Morgan fingerprint density at radius 3 is 2.69 bits per heavy atom. The van der Waals surface area contributed by atoms with Gasteiger partial charge in [0.15, 0.2) is 5.65 Å². The predicted octanol–water partition coefficient (Wildman–Crippen LogP) is 1.32. The van der Waals surface area contributed by atoms with Crippen LogP contribution >= 0.6 is 0 Å². The van der Waals surface area contributed by atoms with E-state index in [1.165, 1.54) is 4.57 Å². The van der Waals surface area contributed by atoms with Crippen LogP contribution in [0.3, 0.4) is 0 Å². The van der Waals surface area contributed by atoms with Crippen LogP contribution < -0.4 is 16.6 Å². The number of rotatable bonds is 7. The zero-order chi connectivity index (χ0) is 21.1. The van der Waals surface area contributed by atoms with Crippen molar-refractivity contribution in [3.05, 3.63) is 56.1 Å². The molecule has 0 aliphatic carbocycles. The van der Waals surface area contributed by atoms with Crippen LogP contribution in [0, 0.1) is 0 Å². The Morgan fingerprint density at radius 2 is 2.07 bits per heavy atom. The van der Waals surface area contributed by atoms with Gasteiger partial charge in [-0.1, -0.05) is 13.8 Å². The molecule has 0 unspecified atom stereocenters. The fourth-order valence-electron chi connectivity index (χ4n) is 3.25. The molecular weight excluding hydrogens is 372 g/mol. The summed E-state index contributed by atoms with van der Waals surface area (Å²) in [6.07, 6.45) is 5.28. The molecule has 154 valence electrons. The molecule has 1 amide bonds. The summed E-state index contributed by atoms with van der Waals surface area (Å²) in [6.45, 7) is 6.49. The Hall–Kier alpha value is -3.23. The van der Waals surface area contributed by atoms with Gasteiger partial charge in [0.25, 0.3) is 11.5 Å². The largest absolute Gasteiger partial charge is 0.352 e. The summed E-state index contributed by atoms with van der Waals surface area (Å²) >= 11 is 0. The molecule has 3 aromatic rings. The molecule has 0 atom stereocenters. The van der Waals surface area contributed by atoms with Crippen LogP contribution in [0.25, 0.3) is 11.0 Å². The van der Waals surface area contributed by atoms with E-state index in [4.69, 9.17) is 0 Å². The molecule has 0 saturated carbocycles. The molecule has 9 heteroatoms. The second-order valence-electron chi connectivity index (χ2n) is 7.33. The Morgan fingerprint density at radius 1 is 1.31 bits per heavy atom. The van der Waals surface area contributed by atoms with Crippen molar-refractivity contribution in [2.75, 3.05) is 6.54 Å². The van der Waals surface area contributed by atoms with Crippen molar-refractivity contribution in [1.82, 2.24) is 29.6 Å². The number of aromatic amines is 1. The lowest BCUT2D eigenvalue weighted by molar-refractivity contribution is 0.0954. The number of carbonyl (C=O) groups excluding carboxylic acids is 1. The number of carbonyl (C=O) groups is 1. The van der Waals surface area contributed by atoms with E-state index in [2.05, 4.69) is 20.4 Å². The minimum Gasteiger partial charge on any atom is -0.352 e. The van der Waals surface area contributed by atoms with E-state index in [9.17, 15) is 14.4 Å². The first-order valence-electron chi connectivity index (χ1n) is 9.75. The molecule has 0 aliphatic heterocycles. The maximum Gasteiger partial charge on any atom is 0.329 e. The number of aryl methyl sites for hydroxylation is 3. The number of hydrogen-bond acceptors (Lipinski definition) is 5. The number of amides is 1. The zero-order valence-electron chi connectivity index (χ0n) is 17.2. The van der Waals surface area contributed by atoms with Gasteiger partial charge in [0, 0.05) is 32.0 Å². The van der Waals surface area contributed by atoms with Crippen LogP contribution in [0.5, 0.6) is 0 Å². The number of nitrogens with one attached hydrogen (secondary N) is 2. The average Bonchev–Trinajstić information content (AvgIpc) is 3.09. The van der Waals surface area contributed by atoms with Crippen LogP contribution in [0.2, 0.25) is 0 Å². The van der Waals surface area contributed by atoms with Crippen molar-refractivity contribution in [2.45, 2.75) is 46.1 Å². The van der Waals surface area contributed by atoms with Crippen LogP contribution in [-0.4, -0.2) is 36.8 Å². The number of fused-ring (bicyclic) bond motifs is 1. The highest BCUT2D eigenvalue weighted by Gasteiger charge is 2.19. The molecule has 0 radical (unpaired) electrons. The van der Waals surface area contributed by atoms with E-state index < -0.39 is 11.2 Å². The van der Waals surface area contributed by atoms with Crippen molar-refractivity contribution in [3.63, 3.8) is 0 Å². The van der Waals surface area contributed by atoms with Crippen molar-refractivity contribution in [1.29, 1.82) is 0 Å². The van der Waals surface area contributed by atoms with Crippen molar-refractivity contribution >= 4 is 16.9 Å². The molecule has 0 bridgehead atoms. The van der Waals surface area contributed by atoms with Gasteiger partial charge in [0.2, 0.25) is 0 Å². The van der Waals surface area contributed by atoms with Gasteiger partial charge in [-0.2, -0.15) is 5.10 Å². The van der Waals surface area contributed by atoms with Crippen LogP contribution in [0.1, 0.15) is 54.7 Å². The van der Waals surface area contributed by atoms with Crippen molar-refractivity contribution < 1.29 is 4.79 Å². The van der Waals surface area contributed by atoms with Crippen LogP contribution in [0.4, 0.5) is 0 Å². The Kier molecular flexibility index (Phi) is 5.95. The van der Waals surface area contributed by atoms with Crippen molar-refractivity contribution in [2.24, 2.45) is 7.05 Å². The van der Waals surface area contributed by atoms with Crippen molar-refractivity contribution in [3.8, 4) is 0 Å². The Balaban J connectivity index is 1.91. The summed E-state index contributed by atoms with van der Waals surface area (Å²) < 4.78 is 3.12. The summed E-state index contributed by atoms with van der Waals surface area (Å²) in [7, 11) is 1.86. The molecule has 9 nitrogen and oxygen atoms in total. The molecule has 3 heterocycles. The van der Waals surface area contributed by atoms with Gasteiger partial charge < -0.3 is 5.32 Å². The summed E-state index contributed by atoms with van der Waals surface area (Å²) in [5, 5.41) is 7.15. The normalized spacial score (nSPS) is 11.3. The minimum atomic E-state index is -0.599. The van der Waals surface area contributed by atoms with Gasteiger partial charge in [-0.05, 0) is 37.3 Å². The SMILES string of the molecule is CCn1c(=O)[nH]c(=O)c2c(C(=O)NCCCc3cnn(C)c3)cc(C(C)C)nc21. The highest BCUT2D eigenvalue weighted by molar-refractivity contribution is 6.05. The lowest BCUT2D eigenvalue weighted by atomic mass is 10.0. The van der Waals surface area contributed by atoms with Gasteiger partial charge in [0.1, 0.15) is 0 Å². The molecule has 0 saturated heterocycles. The number of nitrogens with zero attached hydrogens (tertiary/aromatic N) is 4. The van der Waals surface area contributed by atoms with Gasteiger partial charge in [-0.15, -0.1) is 0 Å². The summed E-state index contributed by atoms with van der Waals surface area (Å²) in [5.41, 5.74) is 1.11. The van der Waals surface area contributed by atoms with E-state index in [1.807, 2.05) is 27.1 Å². The number of hydrogen-bond donors (Lipinski definition) is 2. The molecule has 3 aromatic heterocycles. The monoisotopic (exact) mass is 398 g/mol. The second kappa shape index (κ2) is 8.42. The first-order chi connectivity index (χ1) is 13.8. The standard InChI is InChI=1S/C20H26N6O3/c1-5-26-17-16(19(28)24-20(26)29)14(9-15(23-17)12(2)3)18(27)21-8-6-7-13-10-22-25(4)11-13/h9-12H,5-8H2,1-4H3,(H,21,27)(H,24,28,29). The fourth-order valence-corrected chi connectivity index (χ4v) is 3.25. The maximum absolute atomic E-state index is 12.9. The van der Waals surface area contributed by atoms with Crippen LogP contribution in [-0.2, 0) is 20.0 Å². The fraction of sp³-hybridized carbons (Fsp3) is 0.450. The first kappa shape index (κ1) is 20.5. The average molecular weight is 398 g/mol. The number of pyridine rings is 1. The molecule has 0 aromatic carbocycles. The topological polar surface area (TPSA) is 115 Å². The number of aromatic nitrogens is 5. The minimum absolute atomic E-state index is 0.0382.